The molecule has 1 amide bonds. The Balaban J connectivity index is 2.23. The molecule has 104 valence electrons. The van der Waals surface area contributed by atoms with E-state index in [2.05, 4.69) is 15.6 Å². The van der Waals surface area contributed by atoms with E-state index < -0.39 is 0 Å². The van der Waals surface area contributed by atoms with Gasteiger partial charge in [0, 0.05) is 36.9 Å². The number of hydrogen-bond donors (Lipinski definition) is 2. The second-order valence-electron chi connectivity index (χ2n) is 3.97. The van der Waals surface area contributed by atoms with Crippen LogP contribution in [0, 0.1) is 0 Å². The van der Waals surface area contributed by atoms with Gasteiger partial charge in [-0.3, -0.25) is 9.78 Å². The van der Waals surface area contributed by atoms with Gasteiger partial charge in [0.1, 0.15) is 5.75 Å². The van der Waals surface area contributed by atoms with Crippen LogP contribution >= 0.6 is 11.6 Å². The van der Waals surface area contributed by atoms with Crippen LogP contribution in [0.3, 0.4) is 0 Å². The second kappa shape index (κ2) is 6.25. The van der Waals surface area contributed by atoms with Crippen LogP contribution in [0.25, 0.3) is 0 Å². The lowest BCUT2D eigenvalue weighted by Gasteiger charge is -2.10. The zero-order chi connectivity index (χ0) is 14.5. The van der Waals surface area contributed by atoms with Crippen molar-refractivity contribution in [2.24, 2.45) is 0 Å². The first-order chi connectivity index (χ1) is 9.65. The van der Waals surface area contributed by atoms with Gasteiger partial charge in [0.2, 0.25) is 0 Å². The molecule has 0 saturated heterocycles. The molecule has 0 aliphatic heterocycles. The fourth-order valence-electron chi connectivity index (χ4n) is 1.73. The number of carbonyl (C=O) groups is 1. The molecule has 5 nitrogen and oxygen atoms in total. The number of nitrogens with zero attached hydrogens (tertiary/aromatic N) is 1. The molecular weight excluding hydrogens is 278 g/mol. The summed E-state index contributed by atoms with van der Waals surface area (Å²) < 4.78 is 5.11. The number of anilines is 2. The number of hydrogen-bond acceptors (Lipinski definition) is 4. The molecule has 2 aromatic rings. The van der Waals surface area contributed by atoms with Crippen LogP contribution in [0.4, 0.5) is 11.4 Å². The zero-order valence-corrected chi connectivity index (χ0v) is 11.9. The number of halogens is 1. The van der Waals surface area contributed by atoms with E-state index >= 15 is 0 Å². The number of rotatable bonds is 4. The predicted octanol–water partition coefficient (Wildman–Crippen LogP) is 3.04. The fourth-order valence-corrected chi connectivity index (χ4v) is 1.92. The van der Waals surface area contributed by atoms with Crippen LogP contribution < -0.4 is 15.4 Å². The van der Waals surface area contributed by atoms with E-state index in [0.29, 0.717) is 27.7 Å². The number of methoxy groups -OCH3 is 1. The summed E-state index contributed by atoms with van der Waals surface area (Å²) >= 11 is 5.94. The summed E-state index contributed by atoms with van der Waals surface area (Å²) in [6.45, 7) is 0. The van der Waals surface area contributed by atoms with E-state index in [9.17, 15) is 4.79 Å². The van der Waals surface area contributed by atoms with E-state index in [-0.39, 0.29) is 5.91 Å². The van der Waals surface area contributed by atoms with Crippen molar-refractivity contribution in [3.63, 3.8) is 0 Å². The molecule has 0 fully saturated rings. The van der Waals surface area contributed by atoms with Crippen molar-refractivity contribution in [2.45, 2.75) is 0 Å². The van der Waals surface area contributed by atoms with Gasteiger partial charge in [-0.15, -0.1) is 0 Å². The number of ether oxygens (including phenoxy) is 1. The van der Waals surface area contributed by atoms with Gasteiger partial charge in [0.15, 0.2) is 0 Å². The van der Waals surface area contributed by atoms with Crippen LogP contribution in [0.2, 0.25) is 5.02 Å². The Morgan fingerprint density at radius 3 is 2.85 bits per heavy atom. The minimum Gasteiger partial charge on any atom is -0.495 e. The molecule has 0 spiro atoms. The number of carbonyl (C=O) groups excluding carboxylic acids is 1. The van der Waals surface area contributed by atoms with E-state index in [1.54, 1.807) is 37.5 Å². The Morgan fingerprint density at radius 1 is 1.35 bits per heavy atom. The highest BCUT2D eigenvalue weighted by Gasteiger charge is 2.12. The van der Waals surface area contributed by atoms with Gasteiger partial charge < -0.3 is 15.4 Å². The summed E-state index contributed by atoms with van der Waals surface area (Å²) in [6, 6.07) is 6.77. The molecule has 20 heavy (non-hydrogen) atoms. The van der Waals surface area contributed by atoms with Gasteiger partial charge in [-0.05, 0) is 18.2 Å². The molecule has 0 bridgehead atoms. The summed E-state index contributed by atoms with van der Waals surface area (Å²) in [5.41, 5.74) is 1.77. The molecule has 0 aliphatic carbocycles. The average molecular weight is 292 g/mol. The number of nitrogens with one attached hydrogen (secondary N) is 2. The molecule has 2 N–H and O–H groups in total. The first-order valence-corrected chi connectivity index (χ1v) is 6.30. The van der Waals surface area contributed by atoms with Gasteiger partial charge in [-0.25, -0.2) is 0 Å². The Labute approximate surface area is 121 Å². The Bertz CT molecular complexity index is 632. The second-order valence-corrected chi connectivity index (χ2v) is 4.38. The molecule has 0 radical (unpaired) electrons. The lowest BCUT2D eigenvalue weighted by Crippen LogP contribution is -2.14. The molecule has 1 heterocycles. The van der Waals surface area contributed by atoms with Crippen molar-refractivity contribution in [2.75, 3.05) is 24.8 Å². The summed E-state index contributed by atoms with van der Waals surface area (Å²) in [7, 11) is 3.27. The van der Waals surface area contributed by atoms with Crippen molar-refractivity contribution in [3.05, 3.63) is 47.2 Å². The standard InChI is InChI=1S/C14H14ClN3O2/c1-16-12-5-6-17-8-10(12)14(19)18-9-3-4-11(15)13(7-9)20-2/h3-8H,1-2H3,(H,16,17)(H,18,19). The van der Waals surface area contributed by atoms with Crippen molar-refractivity contribution in [3.8, 4) is 5.75 Å². The van der Waals surface area contributed by atoms with Crippen molar-refractivity contribution in [1.29, 1.82) is 0 Å². The van der Waals surface area contributed by atoms with E-state index in [4.69, 9.17) is 16.3 Å². The highest BCUT2D eigenvalue weighted by Crippen LogP contribution is 2.27. The molecule has 6 heteroatoms. The van der Waals surface area contributed by atoms with Crippen molar-refractivity contribution >= 4 is 28.9 Å². The van der Waals surface area contributed by atoms with Crippen LogP contribution in [0.5, 0.6) is 5.75 Å². The first kappa shape index (κ1) is 14.1. The maximum atomic E-state index is 12.2. The van der Waals surface area contributed by atoms with Crippen molar-refractivity contribution in [1.82, 2.24) is 4.98 Å². The van der Waals surface area contributed by atoms with Crippen LogP contribution in [-0.4, -0.2) is 25.0 Å². The minimum atomic E-state index is -0.258. The van der Waals surface area contributed by atoms with Gasteiger partial charge in [-0.1, -0.05) is 11.6 Å². The first-order valence-electron chi connectivity index (χ1n) is 5.92. The van der Waals surface area contributed by atoms with Crippen LogP contribution in [0.15, 0.2) is 36.7 Å². The Hall–Kier alpha value is -2.27. The normalized spacial score (nSPS) is 9.95. The largest absolute Gasteiger partial charge is 0.495 e. The smallest absolute Gasteiger partial charge is 0.259 e. The number of benzene rings is 1. The molecule has 2 rings (SSSR count). The zero-order valence-electron chi connectivity index (χ0n) is 11.1. The summed E-state index contributed by atoms with van der Waals surface area (Å²) in [4.78, 5) is 16.2. The summed E-state index contributed by atoms with van der Waals surface area (Å²) in [5.74, 6) is 0.247. The topological polar surface area (TPSA) is 63.2 Å². The maximum Gasteiger partial charge on any atom is 0.259 e. The third-order valence-electron chi connectivity index (χ3n) is 2.74. The molecule has 1 aromatic carbocycles. The molecule has 0 aliphatic rings. The maximum absolute atomic E-state index is 12.2. The minimum absolute atomic E-state index is 0.258. The van der Waals surface area contributed by atoms with Crippen LogP contribution in [-0.2, 0) is 0 Å². The molecule has 0 unspecified atom stereocenters. The average Bonchev–Trinajstić information content (AvgIpc) is 2.49. The Kier molecular flexibility index (Phi) is 4.42. The van der Waals surface area contributed by atoms with Gasteiger partial charge >= 0.3 is 0 Å². The van der Waals surface area contributed by atoms with Crippen LogP contribution in [0.1, 0.15) is 10.4 Å². The third kappa shape index (κ3) is 3.00. The van der Waals surface area contributed by atoms with Gasteiger partial charge in [0.25, 0.3) is 5.91 Å². The summed E-state index contributed by atoms with van der Waals surface area (Å²) in [5, 5.41) is 6.21. The summed E-state index contributed by atoms with van der Waals surface area (Å²) in [6.07, 6.45) is 3.13. The van der Waals surface area contributed by atoms with Gasteiger partial charge in [0.05, 0.1) is 17.7 Å². The lowest BCUT2D eigenvalue weighted by molar-refractivity contribution is 0.102. The molecule has 1 aromatic heterocycles. The molecule has 0 atom stereocenters. The Morgan fingerprint density at radius 2 is 2.15 bits per heavy atom. The molecular formula is C14H14ClN3O2. The van der Waals surface area contributed by atoms with E-state index in [0.717, 1.165) is 0 Å². The highest BCUT2D eigenvalue weighted by atomic mass is 35.5. The highest BCUT2D eigenvalue weighted by molar-refractivity contribution is 6.32. The fraction of sp³-hybridized carbons (Fsp3) is 0.143. The number of amides is 1. The number of pyridine rings is 1. The predicted molar refractivity (Wildman–Crippen MR) is 79.7 cm³/mol. The van der Waals surface area contributed by atoms with Gasteiger partial charge in [-0.2, -0.15) is 0 Å². The van der Waals surface area contributed by atoms with E-state index in [1.807, 2.05) is 0 Å². The number of aromatic nitrogens is 1. The quantitative estimate of drug-likeness (QED) is 0.909. The van der Waals surface area contributed by atoms with E-state index in [1.165, 1.54) is 13.3 Å². The molecule has 0 saturated carbocycles. The SMILES string of the molecule is CNc1ccncc1C(=O)Nc1ccc(Cl)c(OC)c1. The monoisotopic (exact) mass is 291 g/mol. The lowest BCUT2D eigenvalue weighted by atomic mass is 10.2. The van der Waals surface area contributed by atoms with Crippen molar-refractivity contribution < 1.29 is 9.53 Å². The third-order valence-corrected chi connectivity index (χ3v) is 3.06.